The van der Waals surface area contributed by atoms with Crippen molar-refractivity contribution in [1.82, 2.24) is 0 Å². The molecule has 2 aromatic rings. The molecule has 0 atom stereocenters. The van der Waals surface area contributed by atoms with Crippen molar-refractivity contribution in [2.75, 3.05) is 12.5 Å². The Labute approximate surface area is 131 Å². The van der Waals surface area contributed by atoms with E-state index in [9.17, 15) is 0 Å². The lowest BCUT2D eigenvalue weighted by atomic mass is 10.1. The lowest BCUT2D eigenvalue weighted by Crippen LogP contribution is -1.95. The molecule has 0 saturated heterocycles. The predicted octanol–water partition coefficient (Wildman–Crippen LogP) is 6.61. The molecule has 0 fully saturated rings. The van der Waals surface area contributed by atoms with Gasteiger partial charge in [0.25, 0.3) is 0 Å². The zero-order valence-electron chi connectivity index (χ0n) is 13.7. The average Bonchev–Trinajstić information content (AvgIpc) is 2.41. The second-order valence-corrected chi connectivity index (χ2v) is 6.07. The van der Waals surface area contributed by atoms with Crippen LogP contribution in [-0.4, -0.2) is 12.5 Å². The first-order chi connectivity index (χ1) is 8.70. The first-order valence-electron chi connectivity index (χ1n) is 6.76. The normalized spacial score (nSPS) is 8.35. The quantitative estimate of drug-likeness (QED) is 0.410. The Morgan fingerprint density at radius 3 is 1.80 bits per heavy atom. The molecule has 116 valence electrons. The van der Waals surface area contributed by atoms with Crippen molar-refractivity contribution < 1.29 is 0 Å². The minimum absolute atomic E-state index is 0. The second kappa shape index (κ2) is 14.5. The van der Waals surface area contributed by atoms with Crippen molar-refractivity contribution in [2.24, 2.45) is 0 Å². The molecule has 0 saturated carbocycles. The van der Waals surface area contributed by atoms with Crippen LogP contribution in [0, 0.1) is 7.43 Å². The highest BCUT2D eigenvalue weighted by Gasteiger charge is 2.11. The molecule has 1 heteroatoms. The summed E-state index contributed by atoms with van der Waals surface area (Å²) in [4.78, 5) is 1.47. The first kappa shape index (κ1) is 24.1. The van der Waals surface area contributed by atoms with Gasteiger partial charge >= 0.3 is 0 Å². The van der Waals surface area contributed by atoms with E-state index in [2.05, 4.69) is 68.8 Å². The van der Waals surface area contributed by atoms with Gasteiger partial charge < -0.3 is 7.43 Å². The van der Waals surface area contributed by atoms with Gasteiger partial charge in [0, 0.05) is 16.3 Å². The molecule has 0 bridgehead atoms. The highest BCUT2D eigenvalue weighted by Crippen LogP contribution is 2.22. The van der Waals surface area contributed by atoms with Crippen molar-refractivity contribution in [2.45, 2.75) is 46.4 Å². The average molecular weight is 295 g/mol. The van der Waals surface area contributed by atoms with E-state index in [1.54, 1.807) is 0 Å². The second-order valence-electron chi connectivity index (χ2n) is 4.00. The van der Waals surface area contributed by atoms with E-state index >= 15 is 0 Å². The summed E-state index contributed by atoms with van der Waals surface area (Å²) in [5.74, 6) is 0. The SMILES string of the molecule is C.CC.CCC.C[S+](C)c1cccc2ccccc12.[CH3-]. The summed E-state index contributed by atoms with van der Waals surface area (Å²) in [6, 6.07) is 15.1. The minimum atomic E-state index is 0. The Morgan fingerprint density at radius 2 is 1.30 bits per heavy atom. The summed E-state index contributed by atoms with van der Waals surface area (Å²) in [5, 5.41) is 2.75. The van der Waals surface area contributed by atoms with E-state index in [0.29, 0.717) is 10.9 Å². The molecule has 0 aromatic heterocycles. The summed E-state index contributed by atoms with van der Waals surface area (Å²) < 4.78 is 0. The van der Waals surface area contributed by atoms with E-state index < -0.39 is 0 Å². The number of hydrogen-bond donors (Lipinski definition) is 0. The summed E-state index contributed by atoms with van der Waals surface area (Å²) in [6.45, 7) is 8.25. The third kappa shape index (κ3) is 7.59. The molecule has 0 heterocycles. The van der Waals surface area contributed by atoms with Crippen LogP contribution in [0.3, 0.4) is 0 Å². The maximum absolute atomic E-state index is 2.27. The van der Waals surface area contributed by atoms with Crippen molar-refractivity contribution >= 4 is 21.7 Å². The topological polar surface area (TPSA) is 0 Å². The van der Waals surface area contributed by atoms with Gasteiger partial charge in [-0.1, -0.05) is 71.9 Å². The molecule has 0 unspecified atom stereocenters. The zero-order chi connectivity index (χ0) is 14.0. The van der Waals surface area contributed by atoms with Crippen LogP contribution in [0.5, 0.6) is 0 Å². The Hall–Kier alpha value is -0.950. The summed E-state index contributed by atoms with van der Waals surface area (Å²) in [7, 11) is 0.346. The Bertz CT molecular complexity index is 427. The van der Waals surface area contributed by atoms with Crippen molar-refractivity contribution in [3.63, 3.8) is 0 Å². The molecule has 20 heavy (non-hydrogen) atoms. The fourth-order valence-electron chi connectivity index (χ4n) is 1.55. The van der Waals surface area contributed by atoms with Crippen molar-refractivity contribution in [3.05, 3.63) is 49.9 Å². The van der Waals surface area contributed by atoms with E-state index in [-0.39, 0.29) is 14.9 Å². The summed E-state index contributed by atoms with van der Waals surface area (Å²) >= 11 is 0. The number of benzene rings is 2. The maximum atomic E-state index is 2.27. The summed E-state index contributed by atoms with van der Waals surface area (Å²) in [5.41, 5.74) is 0. The van der Waals surface area contributed by atoms with Crippen LogP contribution in [0.15, 0.2) is 47.4 Å². The predicted molar refractivity (Wildman–Crippen MR) is 102 cm³/mol. The molecule has 0 aliphatic rings. The highest BCUT2D eigenvalue weighted by molar-refractivity contribution is 7.95. The molecular formula is C19H34S. The Morgan fingerprint density at radius 1 is 0.850 bits per heavy atom. The largest absolute Gasteiger partial charge is 0.358 e. The van der Waals surface area contributed by atoms with Crippen molar-refractivity contribution in [1.29, 1.82) is 0 Å². The van der Waals surface area contributed by atoms with Gasteiger partial charge in [0.1, 0.15) is 12.5 Å². The third-order valence-electron chi connectivity index (χ3n) is 2.19. The number of hydrogen-bond acceptors (Lipinski definition) is 0. The standard InChI is InChI=1S/C12H13S.C3H8.C2H6.CH4.CH3/c1-13(2)12-9-5-7-10-6-3-4-8-11(10)12;1-3-2;1-2;;/h3-9H,1-2H3;3H2,1-2H3;1-2H3;1H4;1H3/q+1;;;;-1. The van der Waals surface area contributed by atoms with Gasteiger partial charge in [-0.2, -0.15) is 0 Å². The van der Waals surface area contributed by atoms with Crippen LogP contribution in [0.25, 0.3) is 10.8 Å². The Balaban J connectivity index is -0.000000369. The van der Waals surface area contributed by atoms with Gasteiger partial charge in [0.15, 0.2) is 4.90 Å². The van der Waals surface area contributed by atoms with Crippen LogP contribution < -0.4 is 0 Å². The van der Waals surface area contributed by atoms with Gasteiger partial charge in [0.05, 0.1) is 0 Å². The molecule has 2 aromatic carbocycles. The Kier molecular flexibility index (Phi) is 17.4. The van der Waals surface area contributed by atoms with E-state index in [0.717, 1.165) is 0 Å². The first-order valence-corrected chi connectivity index (χ1v) is 8.80. The van der Waals surface area contributed by atoms with Crippen LogP contribution in [0.4, 0.5) is 0 Å². The van der Waals surface area contributed by atoms with Gasteiger partial charge in [-0.15, -0.1) is 0 Å². The fourth-order valence-corrected chi connectivity index (χ4v) is 2.53. The maximum Gasteiger partial charge on any atom is 0.162 e. The van der Waals surface area contributed by atoms with Crippen LogP contribution in [0.2, 0.25) is 0 Å². The van der Waals surface area contributed by atoms with Crippen LogP contribution in [-0.2, 0) is 10.9 Å². The van der Waals surface area contributed by atoms with E-state index in [1.807, 2.05) is 13.8 Å². The smallest absolute Gasteiger partial charge is 0.162 e. The van der Waals surface area contributed by atoms with E-state index in [1.165, 1.54) is 22.1 Å². The molecule has 0 radical (unpaired) electrons. The highest BCUT2D eigenvalue weighted by atomic mass is 32.2. The van der Waals surface area contributed by atoms with Crippen LogP contribution >= 0.6 is 0 Å². The molecule has 0 nitrogen and oxygen atoms in total. The van der Waals surface area contributed by atoms with Gasteiger partial charge in [-0.05, 0) is 17.5 Å². The lowest BCUT2D eigenvalue weighted by molar-refractivity contribution is 1.09. The molecule has 0 aliphatic heterocycles. The van der Waals surface area contributed by atoms with Gasteiger partial charge in [-0.25, -0.2) is 0 Å². The van der Waals surface area contributed by atoms with Crippen LogP contribution in [0.1, 0.15) is 41.5 Å². The monoisotopic (exact) mass is 294 g/mol. The molecule has 0 aliphatic carbocycles. The van der Waals surface area contributed by atoms with Crippen molar-refractivity contribution in [3.8, 4) is 0 Å². The molecule has 0 N–H and O–H groups in total. The number of fused-ring (bicyclic) bond motifs is 1. The third-order valence-corrected chi connectivity index (χ3v) is 3.43. The molecule has 0 amide bonds. The molecule has 2 rings (SSSR count). The van der Waals surface area contributed by atoms with Gasteiger partial charge in [-0.3, -0.25) is 0 Å². The minimum Gasteiger partial charge on any atom is -0.358 e. The number of rotatable bonds is 1. The van der Waals surface area contributed by atoms with Gasteiger partial charge in [0.2, 0.25) is 0 Å². The molecule has 0 spiro atoms. The summed E-state index contributed by atoms with van der Waals surface area (Å²) in [6.07, 6.45) is 5.78. The zero-order valence-corrected chi connectivity index (χ0v) is 14.5. The fraction of sp³-hybridized carbons (Fsp3) is 0.421. The van der Waals surface area contributed by atoms with E-state index in [4.69, 9.17) is 0 Å². The lowest BCUT2D eigenvalue weighted by Gasteiger charge is -2.01. The molecular weight excluding hydrogens is 260 g/mol.